The first-order chi connectivity index (χ1) is 52.9. The van der Waals surface area contributed by atoms with E-state index in [1.165, 1.54) is 78.6 Å². The molecule has 0 saturated carbocycles. The number of benzene rings is 7. The van der Waals surface area contributed by atoms with Gasteiger partial charge < -0.3 is 37.9 Å². The maximum absolute atomic E-state index is 6.09. The molecule has 0 spiro atoms. The van der Waals surface area contributed by atoms with Crippen molar-refractivity contribution < 1.29 is 69.9 Å². The average Bonchev–Trinajstić information content (AvgIpc) is 0.770. The third kappa shape index (κ3) is 15.1. The molecule has 0 saturated heterocycles. The van der Waals surface area contributed by atoms with E-state index in [2.05, 4.69) is 197 Å². The molecule has 7 aromatic carbocycles. The molecule has 15 nitrogen and oxygen atoms in total. The Morgan fingerprint density at radius 3 is 1.06 bits per heavy atom. The van der Waals surface area contributed by atoms with Crippen molar-refractivity contribution in [1.82, 2.24) is 0 Å². The molecule has 21 rings (SSSR count). The summed E-state index contributed by atoms with van der Waals surface area (Å²) in [5, 5.41) is 2.14. The topological polar surface area (TPSA) is 101 Å². The van der Waals surface area contributed by atoms with Gasteiger partial charge in [-0.25, -0.2) is 0 Å². The molecule has 14 aromatic rings. The Morgan fingerprint density at radius 2 is 0.602 bits per heavy atom. The van der Waals surface area contributed by atoms with E-state index in [4.69, 9.17) is 49.5 Å². The Bertz CT molecular complexity index is 5200. The van der Waals surface area contributed by atoms with Crippen LogP contribution >= 0.6 is 11.6 Å². The van der Waals surface area contributed by atoms with Gasteiger partial charge >= 0.3 is 5.88 Å². The van der Waals surface area contributed by atoms with E-state index in [1.54, 1.807) is 7.11 Å². The summed E-state index contributed by atoms with van der Waals surface area (Å²) in [7, 11) is 0.319. The van der Waals surface area contributed by atoms with Crippen molar-refractivity contribution >= 4 is 25.0 Å². The quantitative estimate of drug-likeness (QED) is 0.0958. The molecule has 0 radical (unpaired) electrons. The second-order valence-electron chi connectivity index (χ2n) is 27.4. The molecule has 7 aliphatic rings. The summed E-state index contributed by atoms with van der Waals surface area (Å²) in [5.41, 5.74) is 20.1. The van der Waals surface area contributed by atoms with Crippen molar-refractivity contribution in [3.05, 3.63) is 326 Å². The van der Waals surface area contributed by atoms with E-state index in [9.17, 15) is 0 Å². The highest BCUT2D eigenvalue weighted by atomic mass is 35.5. The fourth-order valence-electron chi connectivity index (χ4n) is 14.1. The lowest BCUT2D eigenvalue weighted by molar-refractivity contribution is -0.723. The summed E-state index contributed by atoms with van der Waals surface area (Å²) >= 11 is 6.09. The predicted molar refractivity (Wildman–Crippen MR) is 418 cm³/mol. The van der Waals surface area contributed by atoms with Crippen LogP contribution in [0.25, 0.3) is 78.8 Å². The zero-order valence-corrected chi connectivity index (χ0v) is 63.3. The summed E-state index contributed by atoms with van der Waals surface area (Å²) in [6.45, 7) is 17.4. The zero-order valence-electron chi connectivity index (χ0n) is 61.6. The molecule has 14 heterocycles. The lowest BCUT2D eigenvalue weighted by atomic mass is 10.1. The second-order valence-corrected chi connectivity index (χ2v) is 32.8. The summed E-state index contributed by atoms with van der Waals surface area (Å²) in [6.07, 6.45) is 4.08. The highest BCUT2D eigenvalue weighted by molar-refractivity contribution is 6.87. The molecule has 17 heteroatoms. The highest BCUT2D eigenvalue weighted by Gasteiger charge is 2.35. The van der Waals surface area contributed by atoms with Gasteiger partial charge in [-0.05, 0) is 151 Å². The van der Waals surface area contributed by atoms with Gasteiger partial charge in [-0.1, -0.05) is 105 Å². The molecule has 0 atom stereocenters. The smallest absolute Gasteiger partial charge is 0.371 e. The Hall–Kier alpha value is -12.5. The molecule has 0 aliphatic carbocycles. The normalized spacial score (nSPS) is 12.7. The first kappa shape index (κ1) is 71.1. The van der Waals surface area contributed by atoms with E-state index in [0.29, 0.717) is 52.3 Å². The molecule has 0 fully saturated rings. The minimum atomic E-state index is -1.35. The van der Waals surface area contributed by atoms with Crippen LogP contribution in [0.15, 0.2) is 304 Å². The Balaban J connectivity index is 0.000000101. The number of para-hydroxylation sites is 7. The van der Waals surface area contributed by atoms with Crippen LogP contribution in [0, 0.1) is 20.8 Å². The van der Waals surface area contributed by atoms with Gasteiger partial charge in [0.15, 0.2) is 37.2 Å². The van der Waals surface area contributed by atoms with Crippen LogP contribution in [0.2, 0.25) is 24.8 Å². The number of halogens is 1. The van der Waals surface area contributed by atoms with Crippen molar-refractivity contribution in [1.29, 1.82) is 0 Å². The van der Waals surface area contributed by atoms with Gasteiger partial charge in [0.05, 0.1) is 52.1 Å². The van der Waals surface area contributed by atoms with E-state index >= 15 is 0 Å². The zero-order chi connectivity index (χ0) is 74.1. The molecule has 108 heavy (non-hydrogen) atoms. The standard InChI is InChI=1S/C15H18NOSi.C13H12NO2.3C13H12NO.C12H9ClNO.C12H10NO/c1-18(2,3)15-10-6-8-13-12-7-4-5-9-14(12)17-11-16(13)15;1-15-13-8-4-6-11-10-5-2-3-7-12(10)16-9-14(11)13;1-10-5-4-6-11-12-7-2-3-8-14(12)9-15-13(10)11;2*1-10-5-4-7-12-11-6-2-3-8-13(11)15-9-14(10)12;13-12-7-3-5-10-9-4-1-2-6-11(9)15-8-14(10)12;1-2-7-12-10(5-1)11-6-3-4-8-13(11)9-14-12/h4-10H,11H2,1-3H3;2-8H,9H2,1H3;3*2-8H,9H2,1H3;1-7H,8H2;1-8H,9H2/q7*+1. The predicted octanol–water partition coefficient (Wildman–Crippen LogP) is 16.1. The minimum absolute atomic E-state index is 0.478. The highest BCUT2D eigenvalue weighted by Crippen LogP contribution is 2.38. The van der Waals surface area contributed by atoms with Crippen LogP contribution < -0.4 is 75.2 Å². The molecule has 0 amide bonds. The monoisotopic (exact) mass is 1470 g/mol. The van der Waals surface area contributed by atoms with Crippen LogP contribution in [0.1, 0.15) is 17.0 Å². The number of methoxy groups -OCH3 is 1. The molecule has 0 bridgehead atoms. The Kier molecular flexibility index (Phi) is 21.1. The summed E-state index contributed by atoms with van der Waals surface area (Å²) < 4.78 is 60.1. The third-order valence-corrected chi connectivity index (χ3v) is 21.9. The van der Waals surface area contributed by atoms with Crippen molar-refractivity contribution in [3.63, 3.8) is 0 Å². The van der Waals surface area contributed by atoms with Crippen molar-refractivity contribution in [3.8, 4) is 125 Å². The lowest BCUT2D eigenvalue weighted by Gasteiger charge is -2.21. The first-order valence-electron chi connectivity index (χ1n) is 36.2. The fourth-order valence-corrected chi connectivity index (χ4v) is 15.9. The maximum atomic E-state index is 6.09. The number of rotatable bonds is 2. The lowest BCUT2D eigenvalue weighted by Crippen LogP contribution is -2.63. The van der Waals surface area contributed by atoms with Gasteiger partial charge in [0, 0.05) is 86.6 Å². The van der Waals surface area contributed by atoms with Gasteiger partial charge in [-0.3, -0.25) is 0 Å². The number of hydrogen-bond acceptors (Lipinski definition) is 8. The van der Waals surface area contributed by atoms with Gasteiger partial charge in [-0.2, -0.15) is 22.8 Å². The van der Waals surface area contributed by atoms with Crippen LogP contribution in [0.4, 0.5) is 0 Å². The van der Waals surface area contributed by atoms with Crippen LogP contribution in [-0.2, 0) is 47.1 Å². The molecule has 7 aromatic heterocycles. The number of aromatic nitrogens is 7. The molecule has 536 valence electrons. The number of nitrogens with zero attached hydrogens (tertiary/aromatic N) is 7. The number of fused-ring (bicyclic) bond motifs is 21. The van der Waals surface area contributed by atoms with Crippen LogP contribution in [0.3, 0.4) is 0 Å². The average molecular weight is 1470 g/mol. The van der Waals surface area contributed by atoms with Gasteiger partial charge in [-0.15, -0.1) is 9.13 Å². The number of aryl methyl sites for hydroxylation is 3. The fraction of sp³-hybridized carbons (Fsp3) is 0.154. The molecule has 7 aliphatic heterocycles. The van der Waals surface area contributed by atoms with Crippen molar-refractivity contribution in [2.45, 2.75) is 87.5 Å². The van der Waals surface area contributed by atoms with Gasteiger partial charge in [0.1, 0.15) is 40.2 Å². The third-order valence-electron chi connectivity index (χ3n) is 19.6. The SMILES string of the molecule is COc1cccc2[n+]1COc1ccccc1-2.C[Si](C)(C)c1cccc2[n+]1COc1ccccc1-2.Cc1cccc2[n+]1COc1ccccc1-2.Cc1cccc2[n+]1COc1ccccc1-2.Cc1cccc2c1OC[n+]1ccccc1-2.Clc1cccc2[n+]1COc1ccccc1-2.c1ccc2c(c1)OC[n+]1ccccc1-2. The van der Waals surface area contributed by atoms with Crippen LogP contribution in [-0.4, -0.2) is 15.2 Å². The molecule has 0 N–H and O–H groups in total. The number of pyridine rings is 7. The summed E-state index contributed by atoms with van der Waals surface area (Å²) in [4.78, 5) is 0. The van der Waals surface area contributed by atoms with Crippen LogP contribution in [0.5, 0.6) is 46.1 Å². The van der Waals surface area contributed by atoms with E-state index in [0.717, 1.165) is 68.6 Å². The first-order valence-corrected chi connectivity index (χ1v) is 40.0. The molecular weight excluding hydrogens is 1380 g/mol. The van der Waals surface area contributed by atoms with Crippen molar-refractivity contribution in [2.75, 3.05) is 7.11 Å². The molecular formula is C91H85ClN7O8Si+7. The number of ether oxygens (including phenoxy) is 8. The van der Waals surface area contributed by atoms with Crippen molar-refractivity contribution in [2.24, 2.45) is 0 Å². The second kappa shape index (κ2) is 32.1. The minimum Gasteiger partial charge on any atom is -0.448 e. The summed E-state index contributed by atoms with van der Waals surface area (Å²) in [6, 6.07) is 98.5. The maximum Gasteiger partial charge on any atom is 0.371 e. The Morgan fingerprint density at radius 1 is 0.287 bits per heavy atom. The van der Waals surface area contributed by atoms with E-state index in [-0.39, 0.29) is 0 Å². The van der Waals surface area contributed by atoms with E-state index < -0.39 is 8.07 Å². The van der Waals surface area contributed by atoms with E-state index in [1.807, 2.05) is 179 Å². The largest absolute Gasteiger partial charge is 0.448 e. The molecule has 0 unspecified atom stereocenters. The van der Waals surface area contributed by atoms with Gasteiger partial charge in [0.2, 0.25) is 39.9 Å². The van der Waals surface area contributed by atoms with Gasteiger partial charge in [0.25, 0.3) is 52.3 Å². The number of hydrogen-bond donors (Lipinski definition) is 0. The Labute approximate surface area is 636 Å². The summed E-state index contributed by atoms with van der Waals surface area (Å²) in [5.74, 6) is 7.58.